The first-order chi connectivity index (χ1) is 9.23. The Labute approximate surface area is 122 Å². The maximum atomic E-state index is 12.1. The van der Waals surface area contributed by atoms with Crippen molar-refractivity contribution in [3.8, 4) is 0 Å². The van der Waals surface area contributed by atoms with Gasteiger partial charge in [0.05, 0.1) is 0 Å². The van der Waals surface area contributed by atoms with Crippen molar-refractivity contribution in [1.29, 1.82) is 0 Å². The lowest BCUT2D eigenvalue weighted by Crippen LogP contribution is -2.46. The minimum atomic E-state index is -0.483. The maximum Gasteiger partial charge on any atom is 0.410 e. The monoisotopic (exact) mass is 283 g/mol. The average Bonchev–Trinajstić information content (AvgIpc) is 2.30. The Kier molecular flexibility index (Phi) is 6.03. The number of ether oxygens (including phenoxy) is 1. The molecular formula is C16H29NO3. The van der Waals surface area contributed by atoms with Crippen molar-refractivity contribution >= 4 is 11.9 Å². The van der Waals surface area contributed by atoms with E-state index < -0.39 is 5.60 Å². The molecule has 2 atom stereocenters. The number of ketones is 1. The summed E-state index contributed by atoms with van der Waals surface area (Å²) in [5.41, 5.74) is -0.483. The molecule has 116 valence electrons. The molecule has 0 aromatic heterocycles. The molecule has 2 unspecified atom stereocenters. The number of Topliss-reactive ketones (excluding diaryl/α,β-unsaturated/α-hetero) is 1. The zero-order valence-corrected chi connectivity index (χ0v) is 13.6. The molecule has 4 nitrogen and oxygen atoms in total. The molecule has 0 spiro atoms. The second kappa shape index (κ2) is 7.09. The van der Waals surface area contributed by atoms with E-state index in [1.54, 1.807) is 4.90 Å². The highest BCUT2D eigenvalue weighted by molar-refractivity contribution is 5.84. The van der Waals surface area contributed by atoms with Crippen molar-refractivity contribution in [2.24, 2.45) is 11.8 Å². The van der Waals surface area contributed by atoms with E-state index in [-0.39, 0.29) is 12.0 Å². The number of hydrogen-bond acceptors (Lipinski definition) is 3. The molecule has 1 fully saturated rings. The van der Waals surface area contributed by atoms with Gasteiger partial charge >= 0.3 is 6.09 Å². The first-order valence-electron chi connectivity index (χ1n) is 7.73. The molecule has 0 radical (unpaired) electrons. The van der Waals surface area contributed by atoms with E-state index in [0.717, 1.165) is 19.3 Å². The van der Waals surface area contributed by atoms with Crippen LogP contribution < -0.4 is 0 Å². The van der Waals surface area contributed by atoms with Crippen LogP contribution in [0.25, 0.3) is 0 Å². The molecule has 0 aromatic carbocycles. The highest BCUT2D eigenvalue weighted by atomic mass is 16.6. The van der Waals surface area contributed by atoms with Crippen molar-refractivity contribution < 1.29 is 14.3 Å². The lowest BCUT2D eigenvalue weighted by atomic mass is 9.86. The van der Waals surface area contributed by atoms with E-state index in [0.29, 0.717) is 31.2 Å². The second-order valence-corrected chi connectivity index (χ2v) is 6.97. The largest absolute Gasteiger partial charge is 0.444 e. The van der Waals surface area contributed by atoms with Gasteiger partial charge in [-0.2, -0.15) is 0 Å². The minimum absolute atomic E-state index is 0.0159. The highest BCUT2D eigenvalue weighted by Gasteiger charge is 2.32. The molecule has 0 N–H and O–H groups in total. The fourth-order valence-electron chi connectivity index (χ4n) is 2.70. The Hall–Kier alpha value is -1.06. The van der Waals surface area contributed by atoms with Gasteiger partial charge in [-0.15, -0.1) is 0 Å². The molecule has 4 heteroatoms. The van der Waals surface area contributed by atoms with Gasteiger partial charge in [-0.05, 0) is 33.1 Å². The van der Waals surface area contributed by atoms with Crippen molar-refractivity contribution in [2.45, 2.75) is 65.9 Å². The predicted molar refractivity (Wildman–Crippen MR) is 79.6 cm³/mol. The molecule has 1 amide bonds. The molecule has 0 saturated carbocycles. The van der Waals surface area contributed by atoms with Crippen molar-refractivity contribution in [2.75, 3.05) is 13.1 Å². The minimum Gasteiger partial charge on any atom is -0.444 e. The van der Waals surface area contributed by atoms with Crippen LogP contribution in [0.2, 0.25) is 0 Å². The Morgan fingerprint density at radius 3 is 2.65 bits per heavy atom. The number of piperidine rings is 1. The van der Waals surface area contributed by atoms with Crippen LogP contribution in [0.4, 0.5) is 4.79 Å². The van der Waals surface area contributed by atoms with Crippen LogP contribution in [-0.2, 0) is 9.53 Å². The number of carbonyl (C=O) groups is 2. The van der Waals surface area contributed by atoms with Gasteiger partial charge in [0.15, 0.2) is 0 Å². The molecule has 0 aliphatic carbocycles. The summed E-state index contributed by atoms with van der Waals surface area (Å²) in [6.07, 6.45) is 3.32. The van der Waals surface area contributed by atoms with Gasteiger partial charge in [-0.1, -0.05) is 26.7 Å². The Balaban J connectivity index is 2.57. The SMILES string of the molecule is CCCC(C)CC1CN(C(=O)OC(C)(C)C)CCC1=O. The maximum absolute atomic E-state index is 12.1. The Morgan fingerprint density at radius 2 is 2.10 bits per heavy atom. The predicted octanol–water partition coefficient (Wildman–Crippen LogP) is 3.64. The number of hydrogen-bond donors (Lipinski definition) is 0. The summed E-state index contributed by atoms with van der Waals surface area (Å²) in [7, 11) is 0. The fraction of sp³-hybridized carbons (Fsp3) is 0.875. The standard InChI is InChI=1S/C16H29NO3/c1-6-7-12(2)10-13-11-17(9-8-14(13)18)15(19)20-16(3,4)5/h12-13H,6-11H2,1-5H3. The molecule has 0 bridgehead atoms. The quantitative estimate of drug-likeness (QED) is 0.791. The Bertz CT molecular complexity index is 346. The van der Waals surface area contributed by atoms with E-state index in [4.69, 9.17) is 4.74 Å². The van der Waals surface area contributed by atoms with Crippen molar-refractivity contribution in [3.63, 3.8) is 0 Å². The number of carbonyl (C=O) groups excluding carboxylic acids is 2. The van der Waals surface area contributed by atoms with Crippen LogP contribution in [-0.4, -0.2) is 35.5 Å². The van der Waals surface area contributed by atoms with Gasteiger partial charge < -0.3 is 9.64 Å². The fourth-order valence-corrected chi connectivity index (χ4v) is 2.70. The van der Waals surface area contributed by atoms with Gasteiger partial charge in [0.1, 0.15) is 11.4 Å². The number of rotatable bonds is 4. The topological polar surface area (TPSA) is 46.6 Å². The van der Waals surface area contributed by atoms with E-state index >= 15 is 0 Å². The Morgan fingerprint density at radius 1 is 1.45 bits per heavy atom. The van der Waals surface area contributed by atoms with E-state index in [2.05, 4.69) is 13.8 Å². The van der Waals surface area contributed by atoms with Crippen LogP contribution in [0.1, 0.15) is 60.3 Å². The number of likely N-dealkylation sites (tertiary alicyclic amines) is 1. The van der Waals surface area contributed by atoms with Crippen molar-refractivity contribution in [1.82, 2.24) is 4.90 Å². The molecule has 1 saturated heterocycles. The van der Waals surface area contributed by atoms with Gasteiger partial charge in [0.25, 0.3) is 0 Å². The summed E-state index contributed by atoms with van der Waals surface area (Å²) in [6, 6.07) is 0. The zero-order chi connectivity index (χ0) is 15.3. The molecule has 1 aliphatic heterocycles. The molecule has 1 heterocycles. The lowest BCUT2D eigenvalue weighted by Gasteiger charge is -2.34. The van der Waals surface area contributed by atoms with Crippen LogP contribution >= 0.6 is 0 Å². The van der Waals surface area contributed by atoms with E-state index in [1.165, 1.54) is 0 Å². The highest BCUT2D eigenvalue weighted by Crippen LogP contribution is 2.24. The summed E-state index contributed by atoms with van der Waals surface area (Å²) in [5, 5.41) is 0. The third-order valence-corrected chi connectivity index (χ3v) is 3.64. The first-order valence-corrected chi connectivity index (χ1v) is 7.73. The van der Waals surface area contributed by atoms with Crippen LogP contribution in [0.15, 0.2) is 0 Å². The van der Waals surface area contributed by atoms with Gasteiger partial charge in [-0.25, -0.2) is 4.79 Å². The van der Waals surface area contributed by atoms with E-state index in [1.807, 2.05) is 20.8 Å². The normalized spacial score (nSPS) is 21.8. The lowest BCUT2D eigenvalue weighted by molar-refractivity contribution is -0.126. The molecule has 0 aromatic rings. The summed E-state index contributed by atoms with van der Waals surface area (Å²) < 4.78 is 5.39. The third kappa shape index (κ3) is 5.51. The molecule has 1 aliphatic rings. The summed E-state index contributed by atoms with van der Waals surface area (Å²) >= 11 is 0. The van der Waals surface area contributed by atoms with Crippen LogP contribution in [0.5, 0.6) is 0 Å². The van der Waals surface area contributed by atoms with Gasteiger partial charge in [0.2, 0.25) is 0 Å². The van der Waals surface area contributed by atoms with Crippen LogP contribution in [0.3, 0.4) is 0 Å². The molecule has 1 rings (SSSR count). The average molecular weight is 283 g/mol. The van der Waals surface area contributed by atoms with Crippen LogP contribution in [0, 0.1) is 11.8 Å². The van der Waals surface area contributed by atoms with Gasteiger partial charge in [-0.3, -0.25) is 4.79 Å². The molecular weight excluding hydrogens is 254 g/mol. The van der Waals surface area contributed by atoms with E-state index in [9.17, 15) is 9.59 Å². The zero-order valence-electron chi connectivity index (χ0n) is 13.6. The number of amides is 1. The van der Waals surface area contributed by atoms with Crippen molar-refractivity contribution in [3.05, 3.63) is 0 Å². The summed E-state index contributed by atoms with van der Waals surface area (Å²) in [6.45, 7) is 10.9. The summed E-state index contributed by atoms with van der Waals surface area (Å²) in [4.78, 5) is 25.8. The summed E-state index contributed by atoms with van der Waals surface area (Å²) in [5.74, 6) is 0.818. The van der Waals surface area contributed by atoms with Gasteiger partial charge in [0, 0.05) is 25.4 Å². The second-order valence-electron chi connectivity index (χ2n) is 6.97. The smallest absolute Gasteiger partial charge is 0.410 e. The molecule has 20 heavy (non-hydrogen) atoms. The first kappa shape index (κ1) is 17.0. The third-order valence-electron chi connectivity index (χ3n) is 3.64. The number of nitrogens with zero attached hydrogens (tertiary/aromatic N) is 1.